The van der Waals surface area contributed by atoms with Gasteiger partial charge in [-0.05, 0) is 19.1 Å². The van der Waals surface area contributed by atoms with Crippen molar-refractivity contribution in [2.75, 3.05) is 10.6 Å². The molecule has 0 saturated carbocycles. The Bertz CT molecular complexity index is 841. The van der Waals surface area contributed by atoms with Gasteiger partial charge in [0.2, 0.25) is 17.8 Å². The molecule has 1 aromatic heterocycles. The third-order valence-electron chi connectivity index (χ3n) is 3.61. The minimum absolute atomic E-state index is 0.0587. The predicted octanol–water partition coefficient (Wildman–Crippen LogP) is 0.733. The van der Waals surface area contributed by atoms with Crippen molar-refractivity contribution in [2.45, 2.75) is 19.3 Å². The van der Waals surface area contributed by atoms with Gasteiger partial charge in [-0.3, -0.25) is 19.4 Å². The van der Waals surface area contributed by atoms with Crippen LogP contribution in [0, 0.1) is 6.92 Å². The Hall–Kier alpha value is -3.16. The first kappa shape index (κ1) is 14.8. The normalized spacial score (nSPS) is 16.4. The predicted molar refractivity (Wildman–Crippen MR) is 84.5 cm³/mol. The van der Waals surface area contributed by atoms with Crippen LogP contribution in [0.25, 0.3) is 0 Å². The van der Waals surface area contributed by atoms with Crippen LogP contribution >= 0.6 is 0 Å². The number of nitrogens with zero attached hydrogens (tertiary/aromatic N) is 1. The number of amides is 2. The Morgan fingerprint density at radius 3 is 2.65 bits per heavy atom. The molecule has 1 aromatic carbocycles. The van der Waals surface area contributed by atoms with Gasteiger partial charge in [0.25, 0.3) is 5.56 Å². The van der Waals surface area contributed by atoms with Crippen LogP contribution in [0.2, 0.25) is 0 Å². The van der Waals surface area contributed by atoms with Gasteiger partial charge in [-0.2, -0.15) is 4.98 Å². The number of nitrogens with one attached hydrogen (secondary N) is 3. The fourth-order valence-corrected chi connectivity index (χ4v) is 2.45. The summed E-state index contributed by atoms with van der Waals surface area (Å²) in [5.41, 5.74) is 6.68. The lowest BCUT2D eigenvalue weighted by Crippen LogP contribution is -2.36. The number of hydrogen-bond donors (Lipinski definition) is 4. The third-order valence-corrected chi connectivity index (χ3v) is 3.61. The van der Waals surface area contributed by atoms with E-state index in [0.717, 1.165) is 11.3 Å². The first-order valence-corrected chi connectivity index (χ1v) is 7.01. The molecule has 8 nitrogen and oxygen atoms in total. The van der Waals surface area contributed by atoms with E-state index >= 15 is 0 Å². The van der Waals surface area contributed by atoms with Gasteiger partial charge >= 0.3 is 0 Å². The van der Waals surface area contributed by atoms with E-state index in [1.54, 1.807) is 0 Å². The Balaban J connectivity index is 1.99. The van der Waals surface area contributed by atoms with E-state index in [2.05, 4.69) is 20.6 Å². The topological polar surface area (TPSA) is 130 Å². The van der Waals surface area contributed by atoms with Crippen molar-refractivity contribution in [3.8, 4) is 0 Å². The number of hydrogen-bond acceptors (Lipinski definition) is 5. The van der Waals surface area contributed by atoms with Crippen molar-refractivity contribution in [3.05, 3.63) is 45.7 Å². The van der Waals surface area contributed by atoms with Crippen LogP contribution in [0.3, 0.4) is 0 Å². The van der Waals surface area contributed by atoms with Crippen LogP contribution in [0.5, 0.6) is 0 Å². The molecule has 1 atom stereocenters. The zero-order valence-corrected chi connectivity index (χ0v) is 12.3. The molecule has 1 aliphatic heterocycles. The summed E-state index contributed by atoms with van der Waals surface area (Å²) in [6, 6.07) is 7.48. The molecule has 1 unspecified atom stereocenters. The van der Waals surface area contributed by atoms with Gasteiger partial charge in [-0.15, -0.1) is 0 Å². The quantitative estimate of drug-likeness (QED) is 0.663. The molecule has 23 heavy (non-hydrogen) atoms. The van der Waals surface area contributed by atoms with Crippen LogP contribution in [0.1, 0.15) is 23.5 Å². The Labute approximate surface area is 131 Å². The highest BCUT2D eigenvalue weighted by atomic mass is 16.2. The molecule has 2 amide bonds. The SMILES string of the molecule is Cc1ccc(Nc2nc3c(c(=O)[nH]2)C(C(N)=O)CC(=O)N3)cc1. The van der Waals surface area contributed by atoms with Crippen LogP contribution in [-0.2, 0) is 9.59 Å². The van der Waals surface area contributed by atoms with E-state index in [0.29, 0.717) is 0 Å². The molecule has 3 rings (SSSR count). The third kappa shape index (κ3) is 2.91. The number of benzene rings is 1. The summed E-state index contributed by atoms with van der Waals surface area (Å²) >= 11 is 0. The van der Waals surface area contributed by atoms with Crippen LogP contribution in [-0.4, -0.2) is 21.8 Å². The standard InChI is InChI=1S/C15H15N5O3/c1-7-2-4-8(5-3-7)17-15-19-13-11(14(23)20-15)9(12(16)22)6-10(21)18-13/h2-5,9H,6H2,1H3,(H2,16,22)(H3,17,18,19,20,21,23). The van der Waals surface area contributed by atoms with Crippen molar-refractivity contribution in [3.63, 3.8) is 0 Å². The highest BCUT2D eigenvalue weighted by Crippen LogP contribution is 2.28. The number of carbonyl (C=O) groups excluding carboxylic acids is 2. The first-order valence-electron chi connectivity index (χ1n) is 7.01. The lowest BCUT2D eigenvalue weighted by atomic mass is 9.93. The highest BCUT2D eigenvalue weighted by Gasteiger charge is 2.33. The maximum Gasteiger partial charge on any atom is 0.258 e. The average Bonchev–Trinajstić information content (AvgIpc) is 2.48. The molecule has 8 heteroatoms. The Morgan fingerprint density at radius 2 is 2.00 bits per heavy atom. The van der Waals surface area contributed by atoms with Crippen molar-refractivity contribution in [1.82, 2.24) is 9.97 Å². The number of fused-ring (bicyclic) bond motifs is 1. The molecule has 0 aliphatic carbocycles. The summed E-state index contributed by atoms with van der Waals surface area (Å²) < 4.78 is 0. The molecular formula is C15H15N5O3. The number of carbonyl (C=O) groups is 2. The molecule has 0 spiro atoms. The monoisotopic (exact) mass is 313 g/mol. The van der Waals surface area contributed by atoms with E-state index in [4.69, 9.17) is 5.73 Å². The summed E-state index contributed by atoms with van der Waals surface area (Å²) in [5, 5.41) is 5.45. The number of aryl methyl sites for hydroxylation is 1. The van der Waals surface area contributed by atoms with E-state index < -0.39 is 23.3 Å². The maximum absolute atomic E-state index is 12.3. The van der Waals surface area contributed by atoms with Crippen LogP contribution < -0.4 is 21.9 Å². The maximum atomic E-state index is 12.3. The smallest absolute Gasteiger partial charge is 0.258 e. The second-order valence-electron chi connectivity index (χ2n) is 5.38. The van der Waals surface area contributed by atoms with Crippen molar-refractivity contribution >= 4 is 29.3 Å². The molecule has 1 aliphatic rings. The second-order valence-corrected chi connectivity index (χ2v) is 5.38. The van der Waals surface area contributed by atoms with Crippen LogP contribution in [0.4, 0.5) is 17.5 Å². The average molecular weight is 313 g/mol. The zero-order chi connectivity index (χ0) is 16.6. The zero-order valence-electron chi connectivity index (χ0n) is 12.3. The summed E-state index contributed by atoms with van der Waals surface area (Å²) in [5.74, 6) is -1.87. The molecular weight excluding hydrogens is 298 g/mol. The number of aromatic nitrogens is 2. The molecule has 2 aromatic rings. The van der Waals surface area contributed by atoms with E-state index in [-0.39, 0.29) is 23.8 Å². The number of anilines is 3. The van der Waals surface area contributed by atoms with E-state index in [9.17, 15) is 14.4 Å². The van der Waals surface area contributed by atoms with Crippen LogP contribution in [0.15, 0.2) is 29.1 Å². The molecule has 2 heterocycles. The van der Waals surface area contributed by atoms with Gasteiger partial charge in [-0.1, -0.05) is 17.7 Å². The number of nitrogens with two attached hydrogens (primary N) is 1. The summed E-state index contributed by atoms with van der Waals surface area (Å²) in [6.07, 6.45) is -0.155. The number of aromatic amines is 1. The molecule has 5 N–H and O–H groups in total. The minimum Gasteiger partial charge on any atom is -0.369 e. The van der Waals surface area contributed by atoms with Gasteiger partial charge in [0.1, 0.15) is 5.82 Å². The molecule has 0 bridgehead atoms. The van der Waals surface area contributed by atoms with Crippen molar-refractivity contribution < 1.29 is 9.59 Å². The lowest BCUT2D eigenvalue weighted by molar-refractivity contribution is -0.124. The minimum atomic E-state index is -0.969. The molecule has 0 radical (unpaired) electrons. The molecule has 118 valence electrons. The number of H-pyrrole nitrogens is 1. The van der Waals surface area contributed by atoms with E-state index in [1.807, 2.05) is 31.2 Å². The fraction of sp³-hybridized carbons (Fsp3) is 0.200. The van der Waals surface area contributed by atoms with E-state index in [1.165, 1.54) is 0 Å². The fourth-order valence-electron chi connectivity index (χ4n) is 2.45. The molecule has 0 fully saturated rings. The number of primary amides is 1. The van der Waals surface area contributed by atoms with Gasteiger partial charge in [0, 0.05) is 12.1 Å². The van der Waals surface area contributed by atoms with Gasteiger partial charge in [0.15, 0.2) is 0 Å². The Morgan fingerprint density at radius 1 is 1.30 bits per heavy atom. The van der Waals surface area contributed by atoms with Gasteiger partial charge in [0.05, 0.1) is 11.5 Å². The summed E-state index contributed by atoms with van der Waals surface area (Å²) in [6.45, 7) is 1.96. The van der Waals surface area contributed by atoms with Gasteiger partial charge in [-0.25, -0.2) is 0 Å². The lowest BCUT2D eigenvalue weighted by Gasteiger charge is -2.21. The van der Waals surface area contributed by atoms with Crippen molar-refractivity contribution in [1.29, 1.82) is 0 Å². The van der Waals surface area contributed by atoms with Crippen molar-refractivity contribution in [2.24, 2.45) is 5.73 Å². The van der Waals surface area contributed by atoms with Gasteiger partial charge < -0.3 is 16.4 Å². The number of rotatable bonds is 3. The summed E-state index contributed by atoms with van der Waals surface area (Å²) in [4.78, 5) is 42.1. The highest BCUT2D eigenvalue weighted by molar-refractivity contribution is 5.99. The largest absolute Gasteiger partial charge is 0.369 e. The Kier molecular flexibility index (Phi) is 3.57. The first-order chi connectivity index (χ1) is 10.9. The summed E-state index contributed by atoms with van der Waals surface area (Å²) in [7, 11) is 0. The molecule has 0 saturated heterocycles. The second kappa shape index (κ2) is 5.56.